The molecule has 1 aliphatic heterocycles. The minimum absolute atomic E-state index is 0.422. The summed E-state index contributed by atoms with van der Waals surface area (Å²) in [5, 5.41) is 3.44. The van der Waals surface area contributed by atoms with Gasteiger partial charge < -0.3 is 11.1 Å². The first-order valence-electron chi connectivity index (χ1n) is 4.85. The Balaban J connectivity index is 2.15. The summed E-state index contributed by atoms with van der Waals surface area (Å²) in [6.45, 7) is 0. The van der Waals surface area contributed by atoms with Gasteiger partial charge in [0.25, 0.3) is 0 Å². The lowest BCUT2D eigenvalue weighted by Crippen LogP contribution is -2.21. The summed E-state index contributed by atoms with van der Waals surface area (Å²) in [6, 6.07) is 2.37. The number of nitrogens with two attached hydrogens (primary N) is 1. The average Bonchev–Trinajstić information content (AvgIpc) is 2.71. The summed E-state index contributed by atoms with van der Waals surface area (Å²) < 4.78 is 0. The van der Waals surface area contributed by atoms with Crippen molar-refractivity contribution < 1.29 is 0 Å². The summed E-state index contributed by atoms with van der Waals surface area (Å²) in [7, 11) is 0. The van der Waals surface area contributed by atoms with E-state index in [1.165, 1.54) is 12.2 Å². The van der Waals surface area contributed by atoms with Crippen molar-refractivity contribution >= 4 is 34.7 Å². The van der Waals surface area contributed by atoms with Gasteiger partial charge in [0.2, 0.25) is 0 Å². The van der Waals surface area contributed by atoms with Gasteiger partial charge in [0, 0.05) is 23.6 Å². The lowest BCUT2D eigenvalue weighted by Gasteiger charge is -2.15. The van der Waals surface area contributed by atoms with E-state index >= 15 is 0 Å². The Bertz CT molecular complexity index is 361. The summed E-state index contributed by atoms with van der Waals surface area (Å²) >= 11 is 6.96. The van der Waals surface area contributed by atoms with Gasteiger partial charge in [0.15, 0.2) is 0 Å². The fourth-order valence-electron chi connectivity index (χ4n) is 1.59. The van der Waals surface area contributed by atoms with Gasteiger partial charge in [-0.15, -0.1) is 0 Å². The molecule has 0 aliphatic carbocycles. The van der Waals surface area contributed by atoms with Gasteiger partial charge in [0.1, 0.15) is 4.99 Å². The molecule has 2 rings (SSSR count). The van der Waals surface area contributed by atoms with E-state index in [1.54, 1.807) is 12.4 Å². The van der Waals surface area contributed by atoms with Gasteiger partial charge in [-0.3, -0.25) is 4.98 Å². The molecule has 3 nitrogen and oxygen atoms in total. The molecule has 0 saturated carbocycles. The first kappa shape index (κ1) is 10.7. The lowest BCUT2D eigenvalue weighted by atomic mass is 10.2. The molecule has 1 atom stereocenters. The van der Waals surface area contributed by atoms with Crippen molar-refractivity contribution in [1.29, 1.82) is 0 Å². The number of aromatic nitrogens is 1. The number of anilines is 1. The van der Waals surface area contributed by atoms with Crippen LogP contribution in [0, 0.1) is 0 Å². The van der Waals surface area contributed by atoms with Gasteiger partial charge >= 0.3 is 0 Å². The number of thioether (sulfide) groups is 1. The van der Waals surface area contributed by atoms with Gasteiger partial charge in [-0.1, -0.05) is 12.2 Å². The van der Waals surface area contributed by atoms with Crippen LogP contribution in [0.25, 0.3) is 0 Å². The fraction of sp³-hybridized carbons (Fsp3) is 0.400. The van der Waals surface area contributed by atoms with Crippen molar-refractivity contribution in [3.05, 3.63) is 24.0 Å². The third-order valence-electron chi connectivity index (χ3n) is 2.38. The standard InChI is InChI=1S/C10H13N3S2/c11-10(14)8-1-3-12-5-9(8)13-7-2-4-15-6-7/h1,3,5,7,13H,2,4,6H2,(H2,11,14). The number of rotatable bonds is 3. The summed E-state index contributed by atoms with van der Waals surface area (Å²) in [6.07, 6.45) is 4.69. The molecule has 0 radical (unpaired) electrons. The van der Waals surface area contributed by atoms with Crippen LogP contribution in [-0.2, 0) is 0 Å². The van der Waals surface area contributed by atoms with Crippen LogP contribution in [0.3, 0.4) is 0 Å². The Morgan fingerprint density at radius 3 is 3.20 bits per heavy atom. The van der Waals surface area contributed by atoms with Gasteiger partial charge in [-0.05, 0) is 18.2 Å². The van der Waals surface area contributed by atoms with Gasteiger partial charge in [-0.25, -0.2) is 0 Å². The highest BCUT2D eigenvalue weighted by Gasteiger charge is 2.16. The molecule has 1 aromatic heterocycles. The molecule has 1 aromatic rings. The van der Waals surface area contributed by atoms with Crippen LogP contribution in [0.4, 0.5) is 5.69 Å². The minimum Gasteiger partial charge on any atom is -0.389 e. The molecular weight excluding hydrogens is 226 g/mol. The molecule has 1 saturated heterocycles. The van der Waals surface area contributed by atoms with E-state index in [9.17, 15) is 0 Å². The SMILES string of the molecule is NC(=S)c1ccncc1NC1CCSC1. The summed E-state index contributed by atoms with van der Waals surface area (Å²) in [4.78, 5) is 4.51. The maximum absolute atomic E-state index is 5.65. The first-order valence-corrected chi connectivity index (χ1v) is 6.42. The number of pyridine rings is 1. The molecule has 0 bridgehead atoms. The molecule has 0 amide bonds. The summed E-state index contributed by atoms with van der Waals surface area (Å²) in [5.41, 5.74) is 7.49. The highest BCUT2D eigenvalue weighted by atomic mass is 32.2. The molecule has 1 fully saturated rings. The monoisotopic (exact) mass is 239 g/mol. The highest BCUT2D eigenvalue weighted by Crippen LogP contribution is 2.22. The normalized spacial score (nSPS) is 20.1. The van der Waals surface area contributed by atoms with Crippen LogP contribution in [0.1, 0.15) is 12.0 Å². The molecule has 1 unspecified atom stereocenters. The van der Waals surface area contributed by atoms with E-state index in [0.717, 1.165) is 17.0 Å². The second kappa shape index (κ2) is 4.81. The number of hydrogen-bond acceptors (Lipinski definition) is 4. The Morgan fingerprint density at radius 2 is 2.53 bits per heavy atom. The minimum atomic E-state index is 0.422. The molecule has 3 N–H and O–H groups in total. The fourth-order valence-corrected chi connectivity index (χ4v) is 2.92. The van der Waals surface area contributed by atoms with Crippen molar-refractivity contribution in [2.45, 2.75) is 12.5 Å². The third kappa shape index (κ3) is 2.60. The van der Waals surface area contributed by atoms with E-state index in [2.05, 4.69) is 10.3 Å². The molecular formula is C10H13N3S2. The highest BCUT2D eigenvalue weighted by molar-refractivity contribution is 7.99. The van der Waals surface area contributed by atoms with Crippen LogP contribution < -0.4 is 11.1 Å². The molecule has 80 valence electrons. The van der Waals surface area contributed by atoms with Crippen molar-refractivity contribution in [2.75, 3.05) is 16.8 Å². The zero-order chi connectivity index (χ0) is 10.7. The lowest BCUT2D eigenvalue weighted by molar-refractivity contribution is 0.812. The second-order valence-electron chi connectivity index (χ2n) is 3.49. The van der Waals surface area contributed by atoms with E-state index in [0.29, 0.717) is 11.0 Å². The predicted molar refractivity (Wildman–Crippen MR) is 69.5 cm³/mol. The Morgan fingerprint density at radius 1 is 1.67 bits per heavy atom. The Kier molecular flexibility index (Phi) is 3.43. The van der Waals surface area contributed by atoms with Crippen LogP contribution in [0.5, 0.6) is 0 Å². The summed E-state index contributed by atoms with van der Waals surface area (Å²) in [5.74, 6) is 2.37. The number of thiocarbonyl (C=S) groups is 1. The largest absolute Gasteiger partial charge is 0.389 e. The second-order valence-corrected chi connectivity index (χ2v) is 5.08. The first-order chi connectivity index (χ1) is 7.27. The maximum Gasteiger partial charge on any atom is 0.106 e. The molecule has 5 heteroatoms. The van der Waals surface area contributed by atoms with E-state index < -0.39 is 0 Å². The Hall–Kier alpha value is -0.810. The van der Waals surface area contributed by atoms with Crippen molar-refractivity contribution in [3.8, 4) is 0 Å². The molecule has 15 heavy (non-hydrogen) atoms. The smallest absolute Gasteiger partial charge is 0.106 e. The maximum atomic E-state index is 5.65. The molecule has 0 aromatic carbocycles. The van der Waals surface area contributed by atoms with E-state index in [-0.39, 0.29) is 0 Å². The van der Waals surface area contributed by atoms with Crippen LogP contribution in [0.15, 0.2) is 18.5 Å². The number of hydrogen-bond donors (Lipinski definition) is 2. The van der Waals surface area contributed by atoms with E-state index in [4.69, 9.17) is 18.0 Å². The predicted octanol–water partition coefficient (Wildman–Crippen LogP) is 1.63. The van der Waals surface area contributed by atoms with Crippen LogP contribution >= 0.6 is 24.0 Å². The molecule has 0 spiro atoms. The Labute approximate surface area is 98.8 Å². The third-order valence-corrected chi connectivity index (χ3v) is 3.76. The van der Waals surface area contributed by atoms with E-state index in [1.807, 2.05) is 17.8 Å². The number of nitrogens with zero attached hydrogens (tertiary/aromatic N) is 1. The zero-order valence-corrected chi connectivity index (χ0v) is 9.90. The van der Waals surface area contributed by atoms with Crippen LogP contribution in [0.2, 0.25) is 0 Å². The van der Waals surface area contributed by atoms with Gasteiger partial charge in [0.05, 0.1) is 11.9 Å². The van der Waals surface area contributed by atoms with Crippen molar-refractivity contribution in [2.24, 2.45) is 5.73 Å². The zero-order valence-electron chi connectivity index (χ0n) is 8.27. The molecule has 1 aliphatic rings. The molecule has 2 heterocycles. The number of nitrogens with one attached hydrogen (secondary N) is 1. The van der Waals surface area contributed by atoms with Crippen molar-refractivity contribution in [1.82, 2.24) is 4.98 Å². The average molecular weight is 239 g/mol. The quantitative estimate of drug-likeness (QED) is 0.785. The topological polar surface area (TPSA) is 50.9 Å². The van der Waals surface area contributed by atoms with Crippen LogP contribution in [-0.4, -0.2) is 27.5 Å². The van der Waals surface area contributed by atoms with Crippen molar-refractivity contribution in [3.63, 3.8) is 0 Å². The van der Waals surface area contributed by atoms with Gasteiger partial charge in [-0.2, -0.15) is 11.8 Å².